The van der Waals surface area contributed by atoms with Crippen LogP contribution >= 0.6 is 0 Å². The molecule has 0 aromatic heterocycles. The van der Waals surface area contributed by atoms with Crippen LogP contribution in [0.5, 0.6) is 0 Å². The van der Waals surface area contributed by atoms with Crippen molar-refractivity contribution in [3.8, 4) is 0 Å². The molecular formula is C12H19NO. The highest BCUT2D eigenvalue weighted by molar-refractivity contribution is 5.43. The molecule has 0 amide bonds. The van der Waals surface area contributed by atoms with Gasteiger partial charge < -0.3 is 10.1 Å². The summed E-state index contributed by atoms with van der Waals surface area (Å²) in [4.78, 5) is 0. The Hall–Kier alpha value is -1.02. The molecule has 1 aromatic rings. The smallest absolute Gasteiger partial charge is 0.0666 e. The molecule has 0 radical (unpaired) electrons. The van der Waals surface area contributed by atoms with Crippen molar-refractivity contribution < 1.29 is 4.74 Å². The van der Waals surface area contributed by atoms with Crippen molar-refractivity contribution in [3.05, 3.63) is 30.3 Å². The first-order valence-corrected chi connectivity index (χ1v) is 5.04. The Morgan fingerprint density at radius 1 is 1.21 bits per heavy atom. The number of anilines is 1. The molecule has 0 aliphatic carbocycles. The molecule has 0 saturated carbocycles. The third-order valence-corrected chi connectivity index (χ3v) is 2.28. The Labute approximate surface area is 86.3 Å². The van der Waals surface area contributed by atoms with Gasteiger partial charge in [-0.1, -0.05) is 32.0 Å². The van der Waals surface area contributed by atoms with Crippen LogP contribution in [0.25, 0.3) is 0 Å². The zero-order valence-corrected chi connectivity index (χ0v) is 9.16. The van der Waals surface area contributed by atoms with Crippen LogP contribution in [-0.2, 0) is 4.74 Å². The Morgan fingerprint density at radius 3 is 2.36 bits per heavy atom. The van der Waals surface area contributed by atoms with Gasteiger partial charge in [0.05, 0.1) is 12.6 Å². The van der Waals surface area contributed by atoms with Gasteiger partial charge in [0.2, 0.25) is 0 Å². The second-order valence-electron chi connectivity index (χ2n) is 3.82. The number of rotatable bonds is 5. The van der Waals surface area contributed by atoms with E-state index >= 15 is 0 Å². The van der Waals surface area contributed by atoms with Gasteiger partial charge >= 0.3 is 0 Å². The van der Waals surface area contributed by atoms with Gasteiger partial charge in [-0.15, -0.1) is 0 Å². The van der Waals surface area contributed by atoms with E-state index in [0.717, 1.165) is 12.3 Å². The molecule has 0 aliphatic rings. The fourth-order valence-electron chi connectivity index (χ4n) is 1.33. The molecule has 0 fully saturated rings. The van der Waals surface area contributed by atoms with E-state index in [-0.39, 0.29) is 0 Å². The monoisotopic (exact) mass is 193 g/mol. The number of methoxy groups -OCH3 is 1. The lowest BCUT2D eigenvalue weighted by molar-refractivity contribution is 0.171. The van der Waals surface area contributed by atoms with E-state index in [1.165, 1.54) is 0 Å². The van der Waals surface area contributed by atoms with E-state index in [2.05, 4.69) is 31.3 Å². The van der Waals surface area contributed by atoms with Crippen LogP contribution in [0.15, 0.2) is 30.3 Å². The van der Waals surface area contributed by atoms with Crippen molar-refractivity contribution in [2.24, 2.45) is 5.92 Å². The maximum atomic E-state index is 5.17. The van der Waals surface area contributed by atoms with Crippen LogP contribution in [-0.4, -0.2) is 19.8 Å². The standard InChI is InChI=1S/C12H19NO/c1-10(2)12(9-14-3)13-11-7-5-4-6-8-11/h4-8,10,12-13H,9H2,1-3H3. The first-order chi connectivity index (χ1) is 6.74. The van der Waals surface area contributed by atoms with Gasteiger partial charge in [0.15, 0.2) is 0 Å². The van der Waals surface area contributed by atoms with Crippen molar-refractivity contribution in [1.29, 1.82) is 0 Å². The van der Waals surface area contributed by atoms with Crippen LogP contribution in [0, 0.1) is 5.92 Å². The molecule has 0 heterocycles. The van der Waals surface area contributed by atoms with Gasteiger partial charge in [0.25, 0.3) is 0 Å². The van der Waals surface area contributed by atoms with Crippen LogP contribution in [0.1, 0.15) is 13.8 Å². The molecule has 0 saturated heterocycles. The summed E-state index contributed by atoms with van der Waals surface area (Å²) in [5, 5.41) is 3.45. The van der Waals surface area contributed by atoms with Crippen molar-refractivity contribution in [3.63, 3.8) is 0 Å². The van der Waals surface area contributed by atoms with Gasteiger partial charge in [-0.25, -0.2) is 0 Å². The molecule has 78 valence electrons. The molecule has 2 nitrogen and oxygen atoms in total. The summed E-state index contributed by atoms with van der Waals surface area (Å²) in [6.45, 7) is 5.13. The van der Waals surface area contributed by atoms with Gasteiger partial charge in [0, 0.05) is 12.8 Å². The number of hydrogen-bond acceptors (Lipinski definition) is 2. The maximum absolute atomic E-state index is 5.17. The fraction of sp³-hybridized carbons (Fsp3) is 0.500. The first-order valence-electron chi connectivity index (χ1n) is 5.04. The van der Waals surface area contributed by atoms with Crippen LogP contribution in [0.3, 0.4) is 0 Å². The summed E-state index contributed by atoms with van der Waals surface area (Å²) in [6, 6.07) is 10.6. The van der Waals surface area contributed by atoms with E-state index in [1.54, 1.807) is 7.11 Å². The van der Waals surface area contributed by atoms with Gasteiger partial charge in [-0.05, 0) is 18.1 Å². The van der Waals surface area contributed by atoms with E-state index in [9.17, 15) is 0 Å². The zero-order valence-electron chi connectivity index (χ0n) is 9.16. The molecule has 0 bridgehead atoms. The predicted octanol–water partition coefficient (Wildman–Crippen LogP) is 2.77. The largest absolute Gasteiger partial charge is 0.383 e. The zero-order chi connectivity index (χ0) is 10.4. The number of para-hydroxylation sites is 1. The fourth-order valence-corrected chi connectivity index (χ4v) is 1.33. The van der Waals surface area contributed by atoms with Crippen molar-refractivity contribution in [1.82, 2.24) is 0 Å². The summed E-state index contributed by atoms with van der Waals surface area (Å²) in [6.07, 6.45) is 0. The van der Waals surface area contributed by atoms with Crippen LogP contribution in [0.4, 0.5) is 5.69 Å². The molecule has 1 rings (SSSR count). The van der Waals surface area contributed by atoms with E-state index in [0.29, 0.717) is 12.0 Å². The second kappa shape index (κ2) is 5.66. The maximum Gasteiger partial charge on any atom is 0.0666 e. The van der Waals surface area contributed by atoms with Crippen LogP contribution < -0.4 is 5.32 Å². The van der Waals surface area contributed by atoms with Gasteiger partial charge in [-0.2, -0.15) is 0 Å². The SMILES string of the molecule is COCC(Nc1ccccc1)C(C)C. The molecule has 0 spiro atoms. The Morgan fingerprint density at radius 2 is 1.86 bits per heavy atom. The molecule has 14 heavy (non-hydrogen) atoms. The third kappa shape index (κ3) is 3.38. The number of nitrogens with one attached hydrogen (secondary N) is 1. The third-order valence-electron chi connectivity index (χ3n) is 2.28. The minimum Gasteiger partial charge on any atom is -0.383 e. The molecule has 2 heteroatoms. The average Bonchev–Trinajstić information content (AvgIpc) is 2.18. The Kier molecular flexibility index (Phi) is 4.47. The van der Waals surface area contributed by atoms with Crippen molar-refractivity contribution in [2.75, 3.05) is 19.0 Å². The average molecular weight is 193 g/mol. The van der Waals surface area contributed by atoms with E-state index in [4.69, 9.17) is 4.74 Å². The predicted molar refractivity (Wildman–Crippen MR) is 60.6 cm³/mol. The minimum atomic E-state index is 0.377. The normalized spacial score (nSPS) is 12.9. The number of hydrogen-bond donors (Lipinski definition) is 1. The lowest BCUT2D eigenvalue weighted by atomic mass is 10.1. The second-order valence-corrected chi connectivity index (χ2v) is 3.82. The summed E-state index contributed by atoms with van der Waals surface area (Å²) in [7, 11) is 1.74. The summed E-state index contributed by atoms with van der Waals surface area (Å²) >= 11 is 0. The quantitative estimate of drug-likeness (QED) is 0.776. The molecule has 1 atom stereocenters. The lowest BCUT2D eigenvalue weighted by Crippen LogP contribution is -2.30. The van der Waals surface area contributed by atoms with Crippen molar-refractivity contribution >= 4 is 5.69 Å². The van der Waals surface area contributed by atoms with Gasteiger partial charge in [-0.3, -0.25) is 0 Å². The molecule has 1 unspecified atom stereocenters. The number of benzene rings is 1. The first kappa shape index (κ1) is 11.1. The van der Waals surface area contributed by atoms with Crippen molar-refractivity contribution in [2.45, 2.75) is 19.9 Å². The molecule has 1 N–H and O–H groups in total. The van der Waals surface area contributed by atoms with Gasteiger partial charge in [0.1, 0.15) is 0 Å². The lowest BCUT2D eigenvalue weighted by Gasteiger charge is -2.22. The van der Waals surface area contributed by atoms with E-state index in [1.807, 2.05) is 18.2 Å². The minimum absolute atomic E-state index is 0.377. The molecule has 0 aliphatic heterocycles. The van der Waals surface area contributed by atoms with Crippen LogP contribution in [0.2, 0.25) is 0 Å². The highest BCUT2D eigenvalue weighted by Gasteiger charge is 2.11. The molecule has 1 aromatic carbocycles. The molecular weight excluding hydrogens is 174 g/mol. The summed E-state index contributed by atoms with van der Waals surface area (Å²) < 4.78 is 5.17. The van der Waals surface area contributed by atoms with E-state index < -0.39 is 0 Å². The Balaban J connectivity index is 2.55. The summed E-state index contributed by atoms with van der Waals surface area (Å²) in [5.41, 5.74) is 1.16. The Bertz CT molecular complexity index is 246. The highest BCUT2D eigenvalue weighted by atomic mass is 16.5. The summed E-state index contributed by atoms with van der Waals surface area (Å²) in [5.74, 6) is 0.565. The highest BCUT2D eigenvalue weighted by Crippen LogP contribution is 2.12. The topological polar surface area (TPSA) is 21.3 Å². The number of ether oxygens (including phenoxy) is 1.